The Bertz CT molecular complexity index is 401. The molecule has 0 aromatic carbocycles. The molecule has 1 heterocycles. The van der Waals surface area contributed by atoms with Crippen molar-refractivity contribution in [3.63, 3.8) is 0 Å². The van der Waals surface area contributed by atoms with Gasteiger partial charge in [-0.25, -0.2) is 8.78 Å². The number of nitrogens with two attached hydrogens (primary N) is 1. The molecular formula is C12H19F2N3O2. The molecule has 0 bridgehead atoms. The first-order valence-electron chi connectivity index (χ1n) is 6.56. The zero-order chi connectivity index (χ0) is 13.9. The molecule has 1 aliphatic rings. The van der Waals surface area contributed by atoms with Gasteiger partial charge in [-0.3, -0.25) is 0 Å². The fraction of sp³-hybridized carbons (Fsp3) is 0.833. The number of halogens is 2. The molecular weight excluding hydrogens is 256 g/mol. The Labute approximate surface area is 110 Å². The van der Waals surface area contributed by atoms with E-state index in [0.717, 1.165) is 0 Å². The quantitative estimate of drug-likeness (QED) is 0.893. The summed E-state index contributed by atoms with van der Waals surface area (Å²) in [5, 5.41) is 3.80. The molecule has 1 saturated carbocycles. The van der Waals surface area contributed by atoms with Crippen LogP contribution in [0.2, 0.25) is 0 Å². The summed E-state index contributed by atoms with van der Waals surface area (Å²) < 4.78 is 36.4. The lowest BCUT2D eigenvalue weighted by atomic mass is 9.87. The summed E-state index contributed by atoms with van der Waals surface area (Å²) in [5.74, 6) is -1.84. The van der Waals surface area contributed by atoms with Gasteiger partial charge in [0, 0.05) is 25.4 Å². The second kappa shape index (κ2) is 5.92. The van der Waals surface area contributed by atoms with Gasteiger partial charge in [0.1, 0.15) is 0 Å². The highest BCUT2D eigenvalue weighted by atomic mass is 19.3. The first-order chi connectivity index (χ1) is 9.02. The molecule has 108 valence electrons. The minimum Gasteiger partial charge on any atom is -0.380 e. The minimum atomic E-state index is -2.55. The van der Waals surface area contributed by atoms with Gasteiger partial charge in [-0.05, 0) is 19.8 Å². The van der Waals surface area contributed by atoms with Crippen LogP contribution in [0.5, 0.6) is 0 Å². The first kappa shape index (κ1) is 14.3. The Morgan fingerprint density at radius 3 is 2.79 bits per heavy atom. The molecule has 1 atom stereocenters. The molecule has 0 radical (unpaired) electrons. The summed E-state index contributed by atoms with van der Waals surface area (Å²) in [7, 11) is 0. The number of alkyl halides is 2. The Balaban J connectivity index is 1.94. The van der Waals surface area contributed by atoms with E-state index in [9.17, 15) is 8.78 Å². The SMILES string of the molecule is CCOCC(N)c1noc(C2CCC(F)(F)CC2)n1. The number of hydrogen-bond acceptors (Lipinski definition) is 5. The van der Waals surface area contributed by atoms with Gasteiger partial charge in [0.15, 0.2) is 5.82 Å². The van der Waals surface area contributed by atoms with Gasteiger partial charge in [0.25, 0.3) is 0 Å². The van der Waals surface area contributed by atoms with Crippen LogP contribution in [-0.2, 0) is 4.74 Å². The fourth-order valence-corrected chi connectivity index (χ4v) is 2.17. The molecule has 0 spiro atoms. The highest BCUT2D eigenvalue weighted by molar-refractivity contribution is 5.00. The summed E-state index contributed by atoms with van der Waals surface area (Å²) in [6.07, 6.45) is 0.491. The van der Waals surface area contributed by atoms with Crippen molar-refractivity contribution in [2.75, 3.05) is 13.2 Å². The predicted octanol–water partition coefficient (Wildman–Crippen LogP) is 2.40. The van der Waals surface area contributed by atoms with E-state index < -0.39 is 12.0 Å². The molecule has 2 rings (SSSR count). The third kappa shape index (κ3) is 3.70. The number of aromatic nitrogens is 2. The van der Waals surface area contributed by atoms with Crippen LogP contribution >= 0.6 is 0 Å². The highest BCUT2D eigenvalue weighted by Gasteiger charge is 2.37. The molecule has 1 aromatic heterocycles. The van der Waals surface area contributed by atoms with Crippen molar-refractivity contribution in [2.45, 2.75) is 50.5 Å². The van der Waals surface area contributed by atoms with E-state index in [-0.39, 0.29) is 18.8 Å². The van der Waals surface area contributed by atoms with Crippen LogP contribution in [0, 0.1) is 0 Å². The maximum atomic E-state index is 13.1. The lowest BCUT2D eigenvalue weighted by Gasteiger charge is -2.25. The smallest absolute Gasteiger partial charge is 0.248 e. The zero-order valence-corrected chi connectivity index (χ0v) is 10.9. The van der Waals surface area contributed by atoms with Crippen molar-refractivity contribution in [2.24, 2.45) is 5.73 Å². The standard InChI is InChI=1S/C12H19F2N3O2/c1-2-18-7-9(15)10-16-11(19-17-10)8-3-5-12(13,14)6-4-8/h8-9H,2-7,15H2,1H3. The number of ether oxygens (including phenoxy) is 1. The van der Waals surface area contributed by atoms with Crippen LogP contribution in [0.25, 0.3) is 0 Å². The average molecular weight is 275 g/mol. The molecule has 0 aliphatic heterocycles. The van der Waals surface area contributed by atoms with Crippen molar-refractivity contribution in [1.82, 2.24) is 10.1 Å². The van der Waals surface area contributed by atoms with Crippen molar-refractivity contribution in [3.05, 3.63) is 11.7 Å². The number of hydrogen-bond donors (Lipinski definition) is 1. The van der Waals surface area contributed by atoms with Crippen LogP contribution in [0.15, 0.2) is 4.52 Å². The Morgan fingerprint density at radius 2 is 2.16 bits per heavy atom. The summed E-state index contributed by atoms with van der Waals surface area (Å²) in [4.78, 5) is 4.21. The van der Waals surface area contributed by atoms with E-state index in [1.165, 1.54) is 0 Å². The maximum Gasteiger partial charge on any atom is 0.248 e. The first-order valence-corrected chi connectivity index (χ1v) is 6.56. The molecule has 1 unspecified atom stereocenters. The third-order valence-electron chi connectivity index (χ3n) is 3.36. The van der Waals surface area contributed by atoms with Crippen molar-refractivity contribution in [3.8, 4) is 0 Å². The molecule has 5 nitrogen and oxygen atoms in total. The van der Waals surface area contributed by atoms with Gasteiger partial charge in [-0.2, -0.15) is 4.98 Å². The minimum absolute atomic E-state index is 0.0832. The van der Waals surface area contributed by atoms with Crippen molar-refractivity contribution < 1.29 is 18.0 Å². The monoisotopic (exact) mass is 275 g/mol. The van der Waals surface area contributed by atoms with E-state index in [0.29, 0.717) is 37.8 Å². The van der Waals surface area contributed by atoms with Gasteiger partial charge in [-0.15, -0.1) is 0 Å². The normalized spacial score (nSPS) is 21.5. The fourth-order valence-electron chi connectivity index (χ4n) is 2.17. The second-order valence-electron chi connectivity index (χ2n) is 4.89. The van der Waals surface area contributed by atoms with E-state index in [2.05, 4.69) is 10.1 Å². The summed E-state index contributed by atoms with van der Waals surface area (Å²) in [5.41, 5.74) is 5.84. The van der Waals surface area contributed by atoms with E-state index in [4.69, 9.17) is 15.0 Å². The lowest BCUT2D eigenvalue weighted by Crippen LogP contribution is -2.24. The molecule has 1 fully saturated rings. The second-order valence-corrected chi connectivity index (χ2v) is 4.89. The van der Waals surface area contributed by atoms with Crippen molar-refractivity contribution >= 4 is 0 Å². The van der Waals surface area contributed by atoms with Gasteiger partial charge < -0.3 is 15.0 Å². The Morgan fingerprint density at radius 1 is 1.47 bits per heavy atom. The predicted molar refractivity (Wildman–Crippen MR) is 63.9 cm³/mol. The lowest BCUT2D eigenvalue weighted by molar-refractivity contribution is -0.0402. The maximum absolute atomic E-state index is 13.1. The largest absolute Gasteiger partial charge is 0.380 e. The van der Waals surface area contributed by atoms with E-state index >= 15 is 0 Å². The molecule has 0 saturated heterocycles. The number of nitrogens with zero attached hydrogens (tertiary/aromatic N) is 2. The molecule has 2 N–H and O–H groups in total. The van der Waals surface area contributed by atoms with Gasteiger partial charge in [0.2, 0.25) is 11.8 Å². The van der Waals surface area contributed by atoms with Crippen LogP contribution in [-0.4, -0.2) is 29.3 Å². The van der Waals surface area contributed by atoms with Gasteiger partial charge in [-0.1, -0.05) is 5.16 Å². The number of rotatable bonds is 5. The summed E-state index contributed by atoms with van der Waals surface area (Å²) in [6, 6.07) is -0.442. The van der Waals surface area contributed by atoms with Crippen LogP contribution in [0.1, 0.15) is 56.3 Å². The highest BCUT2D eigenvalue weighted by Crippen LogP contribution is 2.40. The zero-order valence-electron chi connectivity index (χ0n) is 10.9. The summed E-state index contributed by atoms with van der Waals surface area (Å²) >= 11 is 0. The van der Waals surface area contributed by atoms with Crippen LogP contribution < -0.4 is 5.73 Å². The third-order valence-corrected chi connectivity index (χ3v) is 3.36. The Hall–Kier alpha value is -1.08. The van der Waals surface area contributed by atoms with Crippen LogP contribution in [0.3, 0.4) is 0 Å². The topological polar surface area (TPSA) is 74.2 Å². The van der Waals surface area contributed by atoms with Gasteiger partial charge >= 0.3 is 0 Å². The average Bonchev–Trinajstić information content (AvgIpc) is 2.85. The molecule has 0 amide bonds. The Kier molecular flexibility index (Phi) is 4.46. The molecule has 7 heteroatoms. The molecule has 1 aromatic rings. The van der Waals surface area contributed by atoms with E-state index in [1.807, 2.05) is 6.92 Å². The molecule has 1 aliphatic carbocycles. The summed E-state index contributed by atoms with van der Waals surface area (Å²) in [6.45, 7) is 2.75. The molecule has 19 heavy (non-hydrogen) atoms. The van der Waals surface area contributed by atoms with E-state index in [1.54, 1.807) is 0 Å². The van der Waals surface area contributed by atoms with Crippen LogP contribution in [0.4, 0.5) is 8.78 Å². The van der Waals surface area contributed by atoms with Crippen molar-refractivity contribution in [1.29, 1.82) is 0 Å². The van der Waals surface area contributed by atoms with Gasteiger partial charge in [0.05, 0.1) is 12.6 Å².